The summed E-state index contributed by atoms with van der Waals surface area (Å²) in [5.74, 6) is 0.900. The van der Waals surface area contributed by atoms with Crippen molar-refractivity contribution in [1.29, 1.82) is 0 Å². The van der Waals surface area contributed by atoms with E-state index < -0.39 is 0 Å². The number of nitrogens with zero attached hydrogens (tertiary/aromatic N) is 2. The third-order valence-electron chi connectivity index (χ3n) is 2.50. The van der Waals surface area contributed by atoms with Gasteiger partial charge in [-0.15, -0.1) is 11.3 Å². The predicted octanol–water partition coefficient (Wildman–Crippen LogP) is 3.60. The summed E-state index contributed by atoms with van der Waals surface area (Å²) >= 11 is 1.54. The van der Waals surface area contributed by atoms with Crippen molar-refractivity contribution in [3.63, 3.8) is 0 Å². The van der Waals surface area contributed by atoms with Crippen LogP contribution in [0.15, 0.2) is 28.7 Å². The van der Waals surface area contributed by atoms with E-state index in [9.17, 15) is 0 Å². The summed E-state index contributed by atoms with van der Waals surface area (Å²) in [6.07, 6.45) is 1.76. The first-order chi connectivity index (χ1) is 9.19. The van der Waals surface area contributed by atoms with Gasteiger partial charge in [-0.2, -0.15) is 5.10 Å². The van der Waals surface area contributed by atoms with Crippen LogP contribution in [0.1, 0.15) is 23.7 Å². The van der Waals surface area contributed by atoms with Gasteiger partial charge in [-0.3, -0.25) is 5.43 Å². The molecule has 1 heterocycles. The number of rotatable bonds is 5. The van der Waals surface area contributed by atoms with Crippen molar-refractivity contribution in [3.05, 3.63) is 40.4 Å². The zero-order chi connectivity index (χ0) is 13.7. The van der Waals surface area contributed by atoms with Gasteiger partial charge in [0.05, 0.1) is 18.5 Å². The number of benzene rings is 1. The van der Waals surface area contributed by atoms with E-state index in [1.54, 1.807) is 6.21 Å². The Bertz CT molecular complexity index is 578. The summed E-state index contributed by atoms with van der Waals surface area (Å²) in [6.45, 7) is 6.63. The zero-order valence-corrected chi connectivity index (χ0v) is 12.1. The van der Waals surface area contributed by atoms with E-state index in [1.807, 2.05) is 44.4 Å². The lowest BCUT2D eigenvalue weighted by molar-refractivity contribution is 0.338. The van der Waals surface area contributed by atoms with Gasteiger partial charge >= 0.3 is 0 Å². The van der Waals surface area contributed by atoms with E-state index in [0.29, 0.717) is 6.61 Å². The Morgan fingerprint density at radius 2 is 2.26 bits per heavy atom. The molecule has 1 N–H and O–H groups in total. The van der Waals surface area contributed by atoms with Crippen molar-refractivity contribution in [3.8, 4) is 5.75 Å². The monoisotopic (exact) mass is 275 g/mol. The summed E-state index contributed by atoms with van der Waals surface area (Å²) in [5, 5.41) is 6.95. The number of anilines is 1. The molecule has 2 rings (SSSR count). The first-order valence-corrected chi connectivity index (χ1v) is 7.01. The molecule has 19 heavy (non-hydrogen) atoms. The van der Waals surface area contributed by atoms with E-state index in [2.05, 4.69) is 15.5 Å². The van der Waals surface area contributed by atoms with Gasteiger partial charge < -0.3 is 4.74 Å². The molecule has 0 atom stereocenters. The molecule has 0 saturated carbocycles. The molecule has 5 heteroatoms. The van der Waals surface area contributed by atoms with Crippen molar-refractivity contribution >= 4 is 22.7 Å². The molecular formula is C14H17N3OS. The molecule has 2 aromatic rings. The van der Waals surface area contributed by atoms with E-state index >= 15 is 0 Å². The number of hydrogen-bond acceptors (Lipinski definition) is 5. The molecule has 0 radical (unpaired) electrons. The Balaban J connectivity index is 2.04. The van der Waals surface area contributed by atoms with Gasteiger partial charge in [0, 0.05) is 5.38 Å². The van der Waals surface area contributed by atoms with Crippen LogP contribution in [-0.4, -0.2) is 17.8 Å². The minimum atomic E-state index is 0.665. The third kappa shape index (κ3) is 3.79. The van der Waals surface area contributed by atoms with Crippen molar-refractivity contribution in [2.75, 3.05) is 12.0 Å². The topological polar surface area (TPSA) is 46.5 Å². The second-order valence-corrected chi connectivity index (χ2v) is 4.98. The molecule has 0 aliphatic carbocycles. The summed E-state index contributed by atoms with van der Waals surface area (Å²) in [5.41, 5.74) is 6.04. The lowest BCUT2D eigenvalue weighted by Gasteiger charge is -2.07. The van der Waals surface area contributed by atoms with E-state index in [1.165, 1.54) is 11.3 Å². The highest BCUT2D eigenvalue weighted by molar-refractivity contribution is 7.13. The second kappa shape index (κ2) is 6.33. The fraction of sp³-hybridized carbons (Fsp3) is 0.286. The van der Waals surface area contributed by atoms with Crippen LogP contribution in [0.3, 0.4) is 0 Å². The average molecular weight is 275 g/mol. The molecule has 0 unspecified atom stereocenters. The van der Waals surface area contributed by atoms with Crippen LogP contribution < -0.4 is 10.2 Å². The quantitative estimate of drug-likeness (QED) is 0.670. The minimum Gasteiger partial charge on any atom is -0.494 e. The van der Waals surface area contributed by atoms with E-state index in [-0.39, 0.29) is 0 Å². The first-order valence-electron chi connectivity index (χ1n) is 6.13. The Morgan fingerprint density at radius 1 is 1.42 bits per heavy atom. The van der Waals surface area contributed by atoms with Crippen LogP contribution in [0.25, 0.3) is 0 Å². The Kier molecular flexibility index (Phi) is 4.52. The van der Waals surface area contributed by atoms with Crippen molar-refractivity contribution in [1.82, 2.24) is 4.98 Å². The summed E-state index contributed by atoms with van der Waals surface area (Å²) in [4.78, 5) is 4.27. The fourth-order valence-corrected chi connectivity index (χ4v) is 2.21. The molecule has 100 valence electrons. The van der Waals surface area contributed by atoms with Gasteiger partial charge in [-0.25, -0.2) is 4.98 Å². The average Bonchev–Trinajstić information content (AvgIpc) is 2.79. The molecule has 0 aliphatic rings. The first kappa shape index (κ1) is 13.5. The highest BCUT2D eigenvalue weighted by atomic mass is 32.1. The number of hydrazone groups is 1. The molecule has 1 aromatic heterocycles. The van der Waals surface area contributed by atoms with Crippen LogP contribution in [-0.2, 0) is 0 Å². The van der Waals surface area contributed by atoms with E-state index in [0.717, 1.165) is 27.7 Å². The molecule has 1 aromatic carbocycles. The maximum absolute atomic E-state index is 5.55. The predicted molar refractivity (Wildman–Crippen MR) is 80.4 cm³/mol. The van der Waals surface area contributed by atoms with Crippen LogP contribution in [0.4, 0.5) is 5.13 Å². The smallest absolute Gasteiger partial charge is 0.203 e. The van der Waals surface area contributed by atoms with Gasteiger partial charge in [0.2, 0.25) is 5.13 Å². The van der Waals surface area contributed by atoms with Crippen LogP contribution >= 0.6 is 11.3 Å². The molecular weight excluding hydrogens is 258 g/mol. The van der Waals surface area contributed by atoms with Crippen molar-refractivity contribution in [2.45, 2.75) is 20.8 Å². The maximum atomic E-state index is 5.55. The minimum absolute atomic E-state index is 0.665. The zero-order valence-electron chi connectivity index (χ0n) is 11.3. The molecule has 0 amide bonds. The fourth-order valence-electron chi connectivity index (χ4n) is 1.58. The Hall–Kier alpha value is -1.88. The molecule has 0 saturated heterocycles. The summed E-state index contributed by atoms with van der Waals surface area (Å²) in [6, 6.07) is 6.02. The van der Waals surface area contributed by atoms with Gasteiger partial charge in [0.15, 0.2) is 0 Å². The van der Waals surface area contributed by atoms with Crippen molar-refractivity contribution < 1.29 is 4.74 Å². The third-order valence-corrected chi connectivity index (χ3v) is 3.37. The van der Waals surface area contributed by atoms with Gasteiger partial charge in [0.25, 0.3) is 0 Å². The SMILES string of the molecule is CCOc1cc(C=NNc2nc(C)cs2)ccc1C. The number of nitrogens with one attached hydrogen (secondary N) is 1. The second-order valence-electron chi connectivity index (χ2n) is 4.12. The number of aryl methyl sites for hydroxylation is 2. The number of aromatic nitrogens is 1. The number of thiazole rings is 1. The Labute approximate surface area is 117 Å². The highest BCUT2D eigenvalue weighted by Gasteiger charge is 1.99. The molecule has 0 fully saturated rings. The molecule has 0 bridgehead atoms. The highest BCUT2D eigenvalue weighted by Crippen LogP contribution is 2.19. The summed E-state index contributed by atoms with van der Waals surface area (Å²) in [7, 11) is 0. The van der Waals surface area contributed by atoms with Gasteiger partial charge in [0.1, 0.15) is 5.75 Å². The maximum Gasteiger partial charge on any atom is 0.203 e. The largest absolute Gasteiger partial charge is 0.494 e. The van der Waals surface area contributed by atoms with Crippen LogP contribution in [0.2, 0.25) is 0 Å². The number of ether oxygens (including phenoxy) is 1. The molecule has 0 spiro atoms. The lowest BCUT2D eigenvalue weighted by atomic mass is 10.1. The number of hydrogen-bond donors (Lipinski definition) is 1. The summed E-state index contributed by atoms with van der Waals surface area (Å²) < 4.78 is 5.55. The standard InChI is InChI=1S/C14H17N3OS/c1-4-18-13-7-12(6-5-10(13)2)8-15-17-14-16-11(3)9-19-14/h5-9H,4H2,1-3H3,(H,16,17). The normalized spacial score (nSPS) is 10.9. The molecule has 4 nitrogen and oxygen atoms in total. The van der Waals surface area contributed by atoms with Gasteiger partial charge in [-0.1, -0.05) is 12.1 Å². The van der Waals surface area contributed by atoms with Crippen LogP contribution in [0.5, 0.6) is 5.75 Å². The van der Waals surface area contributed by atoms with E-state index in [4.69, 9.17) is 4.74 Å². The molecule has 0 aliphatic heterocycles. The lowest BCUT2D eigenvalue weighted by Crippen LogP contribution is -1.96. The van der Waals surface area contributed by atoms with Crippen LogP contribution in [0, 0.1) is 13.8 Å². The van der Waals surface area contributed by atoms with Crippen molar-refractivity contribution in [2.24, 2.45) is 5.10 Å². The van der Waals surface area contributed by atoms with Gasteiger partial charge in [-0.05, 0) is 38.0 Å². The Morgan fingerprint density at radius 3 is 2.95 bits per heavy atom.